The summed E-state index contributed by atoms with van der Waals surface area (Å²) in [6.45, 7) is 6.18. The molecule has 0 spiro atoms. The molecule has 0 fully saturated rings. The van der Waals surface area contributed by atoms with E-state index in [1.807, 2.05) is 23.7 Å². The summed E-state index contributed by atoms with van der Waals surface area (Å²) in [5, 5.41) is 6.81. The van der Waals surface area contributed by atoms with Gasteiger partial charge in [0.25, 0.3) is 0 Å². The van der Waals surface area contributed by atoms with Gasteiger partial charge in [0.2, 0.25) is 4.80 Å². The van der Waals surface area contributed by atoms with Crippen molar-refractivity contribution in [3.63, 3.8) is 0 Å². The van der Waals surface area contributed by atoms with Crippen molar-refractivity contribution in [2.75, 3.05) is 7.05 Å². The summed E-state index contributed by atoms with van der Waals surface area (Å²) in [7, 11) is 1.78. The molecule has 2 heterocycles. The van der Waals surface area contributed by atoms with Crippen LogP contribution in [0.25, 0.3) is 11.3 Å². The van der Waals surface area contributed by atoms with Gasteiger partial charge in [-0.2, -0.15) is 5.10 Å². The van der Waals surface area contributed by atoms with Crippen molar-refractivity contribution in [1.82, 2.24) is 4.68 Å². The first-order valence-electron chi connectivity index (χ1n) is 7.40. The zero-order chi connectivity index (χ0) is 16.4. The lowest BCUT2D eigenvalue weighted by Crippen LogP contribution is -2.13. The van der Waals surface area contributed by atoms with Gasteiger partial charge in [0, 0.05) is 18.0 Å². The molecule has 0 aliphatic carbocycles. The number of hydrogen-bond donors (Lipinski definition) is 0. The van der Waals surface area contributed by atoms with E-state index in [0.717, 1.165) is 27.5 Å². The Morgan fingerprint density at radius 1 is 1.17 bits per heavy atom. The third-order valence-electron chi connectivity index (χ3n) is 3.81. The van der Waals surface area contributed by atoms with E-state index in [-0.39, 0.29) is 0 Å². The van der Waals surface area contributed by atoms with Crippen LogP contribution in [0, 0.1) is 13.8 Å². The molecule has 3 aromatic rings. The average molecular weight is 325 g/mol. The SMILES string of the molecule is CN=c1scc(-c2ccc(C)c(C)c2)n1N=C(C)c1ccco1. The minimum atomic E-state index is 0.761. The second-order valence-corrected chi connectivity index (χ2v) is 6.24. The molecule has 23 heavy (non-hydrogen) atoms. The molecule has 0 N–H and O–H groups in total. The van der Waals surface area contributed by atoms with E-state index < -0.39 is 0 Å². The van der Waals surface area contributed by atoms with Crippen molar-refractivity contribution in [2.45, 2.75) is 20.8 Å². The van der Waals surface area contributed by atoms with Crippen molar-refractivity contribution in [1.29, 1.82) is 0 Å². The maximum atomic E-state index is 5.43. The van der Waals surface area contributed by atoms with E-state index in [0.29, 0.717) is 0 Å². The van der Waals surface area contributed by atoms with Crippen LogP contribution in [-0.2, 0) is 0 Å². The lowest BCUT2D eigenvalue weighted by atomic mass is 10.1. The van der Waals surface area contributed by atoms with E-state index in [1.54, 1.807) is 24.6 Å². The fraction of sp³-hybridized carbons (Fsp3) is 0.222. The highest BCUT2D eigenvalue weighted by molar-refractivity contribution is 7.07. The fourth-order valence-corrected chi connectivity index (χ4v) is 3.13. The minimum absolute atomic E-state index is 0.761. The van der Waals surface area contributed by atoms with E-state index in [9.17, 15) is 0 Å². The minimum Gasteiger partial charge on any atom is -0.463 e. The first-order valence-corrected chi connectivity index (χ1v) is 8.28. The van der Waals surface area contributed by atoms with Crippen LogP contribution in [0.3, 0.4) is 0 Å². The average Bonchev–Trinajstić information content (AvgIpc) is 3.19. The van der Waals surface area contributed by atoms with Crippen LogP contribution in [0.4, 0.5) is 0 Å². The molecule has 0 bridgehead atoms. The summed E-state index contributed by atoms with van der Waals surface area (Å²) < 4.78 is 7.31. The third kappa shape index (κ3) is 3.05. The molecular weight excluding hydrogens is 306 g/mol. The summed E-state index contributed by atoms with van der Waals surface area (Å²) in [4.78, 5) is 5.19. The van der Waals surface area contributed by atoms with Gasteiger partial charge >= 0.3 is 0 Å². The number of hydrogen-bond acceptors (Lipinski definition) is 4. The molecule has 0 amide bonds. The predicted octanol–water partition coefficient (Wildman–Crippen LogP) is 4.23. The van der Waals surface area contributed by atoms with Crippen LogP contribution in [-0.4, -0.2) is 17.4 Å². The Labute approximate surface area is 139 Å². The van der Waals surface area contributed by atoms with Gasteiger partial charge in [-0.05, 0) is 50.1 Å². The molecule has 0 aliphatic heterocycles. The zero-order valence-corrected chi connectivity index (χ0v) is 14.5. The molecule has 3 rings (SSSR count). The largest absolute Gasteiger partial charge is 0.463 e. The van der Waals surface area contributed by atoms with Crippen LogP contribution in [0.15, 0.2) is 56.5 Å². The topological polar surface area (TPSA) is 42.8 Å². The number of aromatic nitrogens is 1. The van der Waals surface area contributed by atoms with Crippen LogP contribution in [0.5, 0.6) is 0 Å². The Kier molecular flexibility index (Phi) is 4.30. The lowest BCUT2D eigenvalue weighted by Gasteiger charge is -2.07. The Balaban J connectivity index is 2.15. The van der Waals surface area contributed by atoms with Gasteiger partial charge < -0.3 is 4.42 Å². The second kappa shape index (κ2) is 6.38. The number of furan rings is 1. The summed E-state index contributed by atoms with van der Waals surface area (Å²) in [6.07, 6.45) is 1.65. The monoisotopic (exact) mass is 325 g/mol. The zero-order valence-electron chi connectivity index (χ0n) is 13.7. The van der Waals surface area contributed by atoms with Crippen LogP contribution < -0.4 is 4.80 Å². The standard InChI is InChI=1S/C18H19N3OS/c1-12-7-8-15(10-13(12)2)16-11-23-18(19-4)21(16)20-14(3)17-6-5-9-22-17/h5-11H,1-4H3. The highest BCUT2D eigenvalue weighted by Crippen LogP contribution is 2.23. The molecule has 1 aromatic carbocycles. The highest BCUT2D eigenvalue weighted by atomic mass is 32.1. The maximum absolute atomic E-state index is 5.43. The number of nitrogens with zero attached hydrogens (tertiary/aromatic N) is 3. The Morgan fingerprint density at radius 3 is 2.65 bits per heavy atom. The van der Waals surface area contributed by atoms with E-state index in [4.69, 9.17) is 9.52 Å². The fourth-order valence-electron chi connectivity index (χ4n) is 2.33. The van der Waals surface area contributed by atoms with Crippen LogP contribution in [0.1, 0.15) is 23.8 Å². The van der Waals surface area contributed by atoms with Crippen molar-refractivity contribution in [3.8, 4) is 11.3 Å². The summed E-state index contributed by atoms with van der Waals surface area (Å²) in [5.41, 5.74) is 5.53. The van der Waals surface area contributed by atoms with E-state index in [1.165, 1.54) is 11.1 Å². The van der Waals surface area contributed by atoms with E-state index >= 15 is 0 Å². The first kappa shape index (κ1) is 15.5. The van der Waals surface area contributed by atoms with Gasteiger partial charge in [0.1, 0.15) is 11.5 Å². The van der Waals surface area contributed by atoms with Gasteiger partial charge in [0.05, 0.1) is 12.0 Å². The smallest absolute Gasteiger partial charge is 0.205 e. The van der Waals surface area contributed by atoms with Crippen LogP contribution >= 0.6 is 11.3 Å². The third-order valence-corrected chi connectivity index (χ3v) is 4.71. The molecule has 0 atom stereocenters. The summed E-state index contributed by atoms with van der Waals surface area (Å²) in [6, 6.07) is 10.2. The van der Waals surface area contributed by atoms with Crippen molar-refractivity contribution in [3.05, 3.63) is 63.7 Å². The van der Waals surface area contributed by atoms with Crippen molar-refractivity contribution < 1.29 is 4.42 Å². The lowest BCUT2D eigenvalue weighted by molar-refractivity contribution is 0.556. The van der Waals surface area contributed by atoms with E-state index in [2.05, 4.69) is 42.4 Å². The molecule has 0 unspecified atom stereocenters. The molecule has 4 nitrogen and oxygen atoms in total. The van der Waals surface area contributed by atoms with Gasteiger partial charge in [0.15, 0.2) is 0 Å². The number of thiazole rings is 1. The number of aryl methyl sites for hydroxylation is 2. The molecule has 0 radical (unpaired) electrons. The summed E-state index contributed by atoms with van der Waals surface area (Å²) in [5.74, 6) is 0.761. The molecular formula is C18H19N3OS. The number of benzene rings is 1. The van der Waals surface area contributed by atoms with Crippen LogP contribution in [0.2, 0.25) is 0 Å². The predicted molar refractivity (Wildman–Crippen MR) is 95.0 cm³/mol. The molecule has 5 heteroatoms. The molecule has 0 saturated carbocycles. The molecule has 2 aromatic heterocycles. The normalized spacial score (nSPS) is 12.9. The van der Waals surface area contributed by atoms with Crippen molar-refractivity contribution >= 4 is 17.0 Å². The van der Waals surface area contributed by atoms with Gasteiger partial charge in [-0.15, -0.1) is 11.3 Å². The Hall–Kier alpha value is -2.40. The highest BCUT2D eigenvalue weighted by Gasteiger charge is 2.10. The van der Waals surface area contributed by atoms with Gasteiger partial charge in [-0.25, -0.2) is 4.68 Å². The second-order valence-electron chi connectivity index (χ2n) is 5.40. The quantitative estimate of drug-likeness (QED) is 0.665. The first-order chi connectivity index (χ1) is 11.1. The Bertz CT molecular complexity index is 914. The maximum Gasteiger partial charge on any atom is 0.205 e. The van der Waals surface area contributed by atoms with Crippen molar-refractivity contribution in [2.24, 2.45) is 10.1 Å². The Morgan fingerprint density at radius 2 is 2.00 bits per heavy atom. The summed E-state index contributed by atoms with van der Waals surface area (Å²) >= 11 is 1.58. The van der Waals surface area contributed by atoms with Gasteiger partial charge in [-0.1, -0.05) is 12.1 Å². The number of rotatable bonds is 3. The molecule has 118 valence electrons. The van der Waals surface area contributed by atoms with Gasteiger partial charge in [-0.3, -0.25) is 4.99 Å². The molecule has 0 aliphatic rings. The molecule has 0 saturated heterocycles.